The monoisotopic (exact) mass is 261 g/mol. The second kappa shape index (κ2) is 5.50. The number of hydrogen-bond donors (Lipinski definition) is 1. The van der Waals surface area contributed by atoms with E-state index in [1.807, 2.05) is 19.2 Å². The van der Waals surface area contributed by atoms with Crippen LogP contribution >= 0.6 is 11.3 Å². The molecule has 0 amide bonds. The molecule has 2 aromatic rings. The Labute approximate surface area is 112 Å². The number of anilines is 1. The lowest BCUT2D eigenvalue weighted by atomic mass is 10.2. The molecule has 0 saturated heterocycles. The van der Waals surface area contributed by atoms with Gasteiger partial charge >= 0.3 is 0 Å². The van der Waals surface area contributed by atoms with E-state index in [0.29, 0.717) is 6.04 Å². The lowest BCUT2D eigenvalue weighted by Gasteiger charge is -2.26. The predicted molar refractivity (Wildman–Crippen MR) is 78.0 cm³/mol. The van der Waals surface area contributed by atoms with E-state index in [4.69, 9.17) is 5.73 Å². The van der Waals surface area contributed by atoms with Crippen molar-refractivity contribution < 1.29 is 0 Å². The van der Waals surface area contributed by atoms with Crippen LogP contribution in [0.3, 0.4) is 0 Å². The summed E-state index contributed by atoms with van der Waals surface area (Å²) in [6.45, 7) is 4.14. The van der Waals surface area contributed by atoms with Crippen LogP contribution < -0.4 is 10.6 Å². The van der Waals surface area contributed by atoms with Crippen LogP contribution in [0.4, 0.5) is 5.69 Å². The number of aromatic nitrogens is 1. The molecule has 2 rings (SSSR count). The fourth-order valence-electron chi connectivity index (χ4n) is 1.82. The highest BCUT2D eigenvalue weighted by Crippen LogP contribution is 2.27. The molecule has 0 aliphatic carbocycles. The summed E-state index contributed by atoms with van der Waals surface area (Å²) >= 11 is 1.78. The molecule has 0 fully saturated rings. The van der Waals surface area contributed by atoms with E-state index in [2.05, 4.69) is 47.4 Å². The van der Waals surface area contributed by atoms with E-state index in [-0.39, 0.29) is 6.04 Å². The van der Waals surface area contributed by atoms with E-state index in [1.165, 1.54) is 4.88 Å². The summed E-state index contributed by atoms with van der Waals surface area (Å²) in [5.41, 5.74) is 7.84. The summed E-state index contributed by atoms with van der Waals surface area (Å²) in [6, 6.07) is 8.66. The smallest absolute Gasteiger partial charge is 0.0604 e. The molecular weight excluding hydrogens is 242 g/mol. The standard InChI is InChI=1S/C14H19N3S/c1-10(15)13-7-6-12(9-16-13)17(3)11(2)14-5-4-8-18-14/h4-11H,15H2,1-3H3. The van der Waals surface area contributed by atoms with Crippen LogP contribution in [0.25, 0.3) is 0 Å². The summed E-state index contributed by atoms with van der Waals surface area (Å²) in [5.74, 6) is 0. The quantitative estimate of drug-likeness (QED) is 0.917. The zero-order valence-electron chi connectivity index (χ0n) is 11.0. The van der Waals surface area contributed by atoms with Gasteiger partial charge in [0.25, 0.3) is 0 Å². The lowest BCUT2D eigenvalue weighted by Crippen LogP contribution is -2.21. The van der Waals surface area contributed by atoms with Gasteiger partial charge in [-0.25, -0.2) is 0 Å². The minimum atomic E-state index is -0.0147. The normalized spacial score (nSPS) is 14.2. The van der Waals surface area contributed by atoms with E-state index in [0.717, 1.165) is 11.4 Å². The predicted octanol–water partition coefficient (Wildman–Crippen LogP) is 3.36. The summed E-state index contributed by atoms with van der Waals surface area (Å²) in [6.07, 6.45) is 1.89. The van der Waals surface area contributed by atoms with E-state index >= 15 is 0 Å². The van der Waals surface area contributed by atoms with Gasteiger partial charge in [0, 0.05) is 18.0 Å². The first-order valence-corrected chi connectivity index (χ1v) is 6.95. The van der Waals surface area contributed by atoms with Crippen LogP contribution in [0.2, 0.25) is 0 Å². The number of thiophene rings is 1. The molecule has 0 spiro atoms. The average Bonchev–Trinajstić information content (AvgIpc) is 2.91. The van der Waals surface area contributed by atoms with Gasteiger partial charge in [0.2, 0.25) is 0 Å². The Balaban J connectivity index is 2.16. The van der Waals surface area contributed by atoms with Gasteiger partial charge in [0.1, 0.15) is 0 Å². The molecule has 2 N–H and O–H groups in total. The van der Waals surface area contributed by atoms with Crippen molar-refractivity contribution in [2.45, 2.75) is 25.9 Å². The van der Waals surface area contributed by atoms with Gasteiger partial charge in [-0.3, -0.25) is 4.98 Å². The maximum atomic E-state index is 5.80. The largest absolute Gasteiger partial charge is 0.366 e. The Kier molecular flexibility index (Phi) is 3.99. The van der Waals surface area contributed by atoms with Gasteiger partial charge in [-0.05, 0) is 37.4 Å². The fourth-order valence-corrected chi connectivity index (χ4v) is 2.65. The van der Waals surface area contributed by atoms with Crippen LogP contribution in [-0.4, -0.2) is 12.0 Å². The Morgan fingerprint density at radius 3 is 2.56 bits per heavy atom. The summed E-state index contributed by atoms with van der Waals surface area (Å²) in [7, 11) is 2.09. The maximum Gasteiger partial charge on any atom is 0.0604 e. The van der Waals surface area contributed by atoms with Crippen molar-refractivity contribution in [3.05, 3.63) is 46.4 Å². The van der Waals surface area contributed by atoms with Crippen molar-refractivity contribution in [1.29, 1.82) is 0 Å². The average molecular weight is 261 g/mol. The maximum absolute atomic E-state index is 5.80. The van der Waals surface area contributed by atoms with Gasteiger partial charge < -0.3 is 10.6 Å². The van der Waals surface area contributed by atoms with E-state index in [1.54, 1.807) is 11.3 Å². The summed E-state index contributed by atoms with van der Waals surface area (Å²) in [5, 5.41) is 2.11. The molecule has 96 valence electrons. The van der Waals surface area contributed by atoms with Crippen LogP contribution in [0.5, 0.6) is 0 Å². The molecule has 2 heterocycles. The second-order valence-electron chi connectivity index (χ2n) is 4.53. The molecule has 3 nitrogen and oxygen atoms in total. The van der Waals surface area contributed by atoms with Crippen LogP contribution in [0.15, 0.2) is 35.8 Å². The SMILES string of the molecule is CC(N)c1ccc(N(C)C(C)c2cccs2)cn1. The first-order valence-electron chi connectivity index (χ1n) is 6.07. The molecular formula is C14H19N3S. The number of hydrogen-bond acceptors (Lipinski definition) is 4. The molecule has 0 radical (unpaired) electrons. The number of rotatable bonds is 4. The highest BCUT2D eigenvalue weighted by atomic mass is 32.1. The van der Waals surface area contributed by atoms with Crippen molar-refractivity contribution in [1.82, 2.24) is 4.98 Å². The number of nitrogens with zero attached hydrogens (tertiary/aromatic N) is 2. The van der Waals surface area contributed by atoms with Crippen molar-refractivity contribution in [3.8, 4) is 0 Å². The van der Waals surface area contributed by atoms with Gasteiger partial charge in [-0.15, -0.1) is 11.3 Å². The van der Waals surface area contributed by atoms with Crippen molar-refractivity contribution >= 4 is 17.0 Å². The molecule has 0 bridgehead atoms. The summed E-state index contributed by atoms with van der Waals surface area (Å²) in [4.78, 5) is 7.98. The zero-order chi connectivity index (χ0) is 13.1. The molecule has 2 unspecified atom stereocenters. The highest BCUT2D eigenvalue weighted by Gasteiger charge is 2.13. The van der Waals surface area contributed by atoms with Gasteiger partial charge in [0.15, 0.2) is 0 Å². The van der Waals surface area contributed by atoms with Gasteiger partial charge in [0.05, 0.1) is 23.6 Å². The lowest BCUT2D eigenvalue weighted by molar-refractivity contribution is 0.744. The molecule has 0 aliphatic rings. The minimum Gasteiger partial charge on any atom is -0.366 e. The molecule has 18 heavy (non-hydrogen) atoms. The van der Waals surface area contributed by atoms with Crippen molar-refractivity contribution in [3.63, 3.8) is 0 Å². The first-order chi connectivity index (χ1) is 8.59. The Hall–Kier alpha value is -1.39. The van der Waals surface area contributed by atoms with Crippen LogP contribution in [-0.2, 0) is 0 Å². The third-order valence-electron chi connectivity index (χ3n) is 3.18. The number of nitrogens with two attached hydrogens (primary N) is 1. The molecule has 0 aromatic carbocycles. The summed E-state index contributed by atoms with van der Waals surface area (Å²) < 4.78 is 0. The van der Waals surface area contributed by atoms with Gasteiger partial charge in [-0.2, -0.15) is 0 Å². The highest BCUT2D eigenvalue weighted by molar-refractivity contribution is 7.10. The van der Waals surface area contributed by atoms with Crippen LogP contribution in [0, 0.1) is 0 Å². The number of pyridine rings is 1. The van der Waals surface area contributed by atoms with Gasteiger partial charge in [-0.1, -0.05) is 6.07 Å². The topological polar surface area (TPSA) is 42.1 Å². The van der Waals surface area contributed by atoms with E-state index in [9.17, 15) is 0 Å². The Morgan fingerprint density at radius 1 is 1.28 bits per heavy atom. The second-order valence-corrected chi connectivity index (χ2v) is 5.51. The Morgan fingerprint density at radius 2 is 2.06 bits per heavy atom. The van der Waals surface area contributed by atoms with E-state index < -0.39 is 0 Å². The molecule has 4 heteroatoms. The van der Waals surface area contributed by atoms with Crippen molar-refractivity contribution in [2.24, 2.45) is 5.73 Å². The Bertz CT molecular complexity index is 476. The minimum absolute atomic E-state index is 0.0147. The van der Waals surface area contributed by atoms with Crippen LogP contribution in [0.1, 0.15) is 36.5 Å². The third kappa shape index (κ3) is 2.71. The first kappa shape index (κ1) is 13.1. The third-order valence-corrected chi connectivity index (χ3v) is 4.22. The molecule has 0 aliphatic heterocycles. The molecule has 2 aromatic heterocycles. The van der Waals surface area contributed by atoms with Crippen molar-refractivity contribution in [2.75, 3.05) is 11.9 Å². The molecule has 2 atom stereocenters. The fraction of sp³-hybridized carbons (Fsp3) is 0.357. The zero-order valence-corrected chi connectivity index (χ0v) is 11.8. The molecule has 0 saturated carbocycles.